The molecule has 4 heteroatoms. The van der Waals surface area contributed by atoms with E-state index in [1.54, 1.807) is 57.6 Å². The Kier molecular flexibility index (Phi) is 6.40. The first-order valence-electron chi connectivity index (χ1n) is 7.87. The number of rotatable bonds is 8. The predicted octanol–water partition coefficient (Wildman–Crippen LogP) is 4.55. The van der Waals surface area contributed by atoms with Crippen LogP contribution in [0.2, 0.25) is 0 Å². The number of carbonyl (C=O) groups excluding carboxylic acids is 1. The topological polar surface area (TPSA) is 44.8 Å². The molecule has 0 amide bonds. The van der Waals surface area contributed by atoms with Crippen LogP contribution in [0.1, 0.15) is 22.8 Å². The lowest BCUT2D eigenvalue weighted by molar-refractivity contribution is 0.103. The summed E-state index contributed by atoms with van der Waals surface area (Å²) in [5.74, 6) is 2.01. The molecule has 0 aliphatic carbocycles. The second-order valence-electron chi connectivity index (χ2n) is 5.39. The number of Topliss-reactive ketones (excluding diaryl/α,β-unsaturated/α-hetero) is 1. The van der Waals surface area contributed by atoms with E-state index in [2.05, 4.69) is 6.58 Å². The minimum atomic E-state index is -0.0480. The summed E-state index contributed by atoms with van der Waals surface area (Å²) in [4.78, 5) is 12.6. The molecule has 0 heterocycles. The standard InChI is InChI=1S/C21H22O4/c1-5-12-25-18-9-6-16(7-10-18)21(22)15(2)13-17-8-11-19(23-3)14-20(17)24-4/h5-11,13-14H,1,12H2,2-4H3/b15-13+. The van der Waals surface area contributed by atoms with Gasteiger partial charge in [-0.2, -0.15) is 0 Å². The van der Waals surface area contributed by atoms with Gasteiger partial charge in [0, 0.05) is 17.2 Å². The van der Waals surface area contributed by atoms with Gasteiger partial charge < -0.3 is 14.2 Å². The Bertz CT molecular complexity index is 773. The quantitative estimate of drug-likeness (QED) is 0.402. The molecule has 0 saturated heterocycles. The van der Waals surface area contributed by atoms with Gasteiger partial charge in [-0.3, -0.25) is 4.79 Å². The zero-order valence-corrected chi connectivity index (χ0v) is 14.7. The summed E-state index contributed by atoms with van der Waals surface area (Å²) >= 11 is 0. The summed E-state index contributed by atoms with van der Waals surface area (Å²) in [6.07, 6.45) is 3.48. The summed E-state index contributed by atoms with van der Waals surface area (Å²) in [6, 6.07) is 12.5. The molecule has 0 N–H and O–H groups in total. The fraction of sp³-hybridized carbons (Fsp3) is 0.190. The molecule has 25 heavy (non-hydrogen) atoms. The zero-order chi connectivity index (χ0) is 18.2. The number of hydrogen-bond donors (Lipinski definition) is 0. The number of allylic oxidation sites excluding steroid dienone is 1. The van der Waals surface area contributed by atoms with Crippen LogP contribution in [0.3, 0.4) is 0 Å². The highest BCUT2D eigenvalue weighted by molar-refractivity contribution is 6.11. The second-order valence-corrected chi connectivity index (χ2v) is 5.39. The number of ether oxygens (including phenoxy) is 3. The van der Waals surface area contributed by atoms with Gasteiger partial charge in [-0.1, -0.05) is 12.7 Å². The maximum Gasteiger partial charge on any atom is 0.188 e. The van der Waals surface area contributed by atoms with Gasteiger partial charge in [0.1, 0.15) is 23.9 Å². The average molecular weight is 338 g/mol. The first-order chi connectivity index (χ1) is 12.1. The molecule has 0 spiro atoms. The zero-order valence-electron chi connectivity index (χ0n) is 14.7. The third-order valence-electron chi connectivity index (χ3n) is 3.66. The van der Waals surface area contributed by atoms with Crippen molar-refractivity contribution in [3.8, 4) is 17.2 Å². The highest BCUT2D eigenvalue weighted by Gasteiger charge is 2.10. The van der Waals surface area contributed by atoms with Crippen LogP contribution >= 0.6 is 0 Å². The van der Waals surface area contributed by atoms with Crippen molar-refractivity contribution >= 4 is 11.9 Å². The Labute approximate surface area is 148 Å². The summed E-state index contributed by atoms with van der Waals surface area (Å²) in [5.41, 5.74) is 2.04. The highest BCUT2D eigenvalue weighted by Crippen LogP contribution is 2.27. The van der Waals surface area contributed by atoms with Crippen molar-refractivity contribution in [1.29, 1.82) is 0 Å². The van der Waals surface area contributed by atoms with Crippen molar-refractivity contribution in [1.82, 2.24) is 0 Å². The number of methoxy groups -OCH3 is 2. The molecule has 2 aromatic carbocycles. The monoisotopic (exact) mass is 338 g/mol. The molecule has 4 nitrogen and oxygen atoms in total. The molecular formula is C21H22O4. The van der Waals surface area contributed by atoms with Crippen LogP contribution in [0.4, 0.5) is 0 Å². The van der Waals surface area contributed by atoms with Crippen molar-refractivity contribution < 1.29 is 19.0 Å². The second kappa shape index (κ2) is 8.73. The Morgan fingerprint density at radius 2 is 1.72 bits per heavy atom. The van der Waals surface area contributed by atoms with E-state index >= 15 is 0 Å². The molecule has 0 atom stereocenters. The Morgan fingerprint density at radius 3 is 2.32 bits per heavy atom. The van der Waals surface area contributed by atoms with Crippen LogP contribution in [0, 0.1) is 0 Å². The number of hydrogen-bond acceptors (Lipinski definition) is 4. The van der Waals surface area contributed by atoms with Gasteiger partial charge in [-0.15, -0.1) is 0 Å². The smallest absolute Gasteiger partial charge is 0.188 e. The summed E-state index contributed by atoms with van der Waals surface area (Å²) in [7, 11) is 3.19. The molecule has 2 aromatic rings. The summed E-state index contributed by atoms with van der Waals surface area (Å²) < 4.78 is 16.0. The van der Waals surface area contributed by atoms with Crippen molar-refractivity contribution in [2.75, 3.05) is 20.8 Å². The summed E-state index contributed by atoms with van der Waals surface area (Å²) in [6.45, 7) is 5.82. The van der Waals surface area contributed by atoms with E-state index in [0.717, 1.165) is 5.56 Å². The van der Waals surface area contributed by atoms with Crippen LogP contribution in [0.5, 0.6) is 17.2 Å². The summed E-state index contributed by atoms with van der Waals surface area (Å²) in [5, 5.41) is 0. The molecule has 0 aliphatic rings. The third-order valence-corrected chi connectivity index (χ3v) is 3.66. The third kappa shape index (κ3) is 4.73. The molecule has 0 bridgehead atoms. The Balaban J connectivity index is 2.21. The van der Waals surface area contributed by atoms with Gasteiger partial charge in [0.15, 0.2) is 5.78 Å². The highest BCUT2D eigenvalue weighted by atomic mass is 16.5. The van der Waals surface area contributed by atoms with Crippen molar-refractivity contribution in [2.45, 2.75) is 6.92 Å². The van der Waals surface area contributed by atoms with Crippen LogP contribution in [0.15, 0.2) is 60.7 Å². The SMILES string of the molecule is C=CCOc1ccc(C(=O)/C(C)=C/c2ccc(OC)cc2OC)cc1. The molecule has 0 saturated carbocycles. The maximum atomic E-state index is 12.6. The minimum Gasteiger partial charge on any atom is -0.497 e. The van der Waals surface area contributed by atoms with E-state index in [1.807, 2.05) is 18.2 Å². The molecule has 0 aromatic heterocycles. The van der Waals surface area contributed by atoms with Crippen molar-refractivity contribution in [2.24, 2.45) is 0 Å². The molecule has 0 fully saturated rings. The van der Waals surface area contributed by atoms with Gasteiger partial charge in [-0.05, 0) is 55.0 Å². The number of ketones is 1. The van der Waals surface area contributed by atoms with E-state index in [4.69, 9.17) is 14.2 Å². The fourth-order valence-electron chi connectivity index (χ4n) is 2.32. The maximum absolute atomic E-state index is 12.6. The average Bonchev–Trinajstić information content (AvgIpc) is 2.66. The molecule has 0 radical (unpaired) electrons. The molecule has 0 aliphatic heterocycles. The van der Waals surface area contributed by atoms with E-state index < -0.39 is 0 Å². The largest absolute Gasteiger partial charge is 0.497 e. The lowest BCUT2D eigenvalue weighted by atomic mass is 10.0. The van der Waals surface area contributed by atoms with Crippen LogP contribution in [-0.2, 0) is 0 Å². The number of benzene rings is 2. The van der Waals surface area contributed by atoms with Crippen molar-refractivity contribution in [3.63, 3.8) is 0 Å². The predicted molar refractivity (Wildman–Crippen MR) is 99.7 cm³/mol. The van der Waals surface area contributed by atoms with Gasteiger partial charge >= 0.3 is 0 Å². The Morgan fingerprint density at radius 1 is 1.04 bits per heavy atom. The fourth-order valence-corrected chi connectivity index (χ4v) is 2.32. The van der Waals surface area contributed by atoms with E-state index in [1.165, 1.54) is 0 Å². The van der Waals surface area contributed by atoms with Gasteiger partial charge in [0.25, 0.3) is 0 Å². The van der Waals surface area contributed by atoms with Crippen LogP contribution in [0.25, 0.3) is 6.08 Å². The van der Waals surface area contributed by atoms with Crippen LogP contribution < -0.4 is 14.2 Å². The van der Waals surface area contributed by atoms with Crippen molar-refractivity contribution in [3.05, 3.63) is 71.8 Å². The van der Waals surface area contributed by atoms with Gasteiger partial charge in [-0.25, -0.2) is 0 Å². The van der Waals surface area contributed by atoms with E-state index in [-0.39, 0.29) is 5.78 Å². The van der Waals surface area contributed by atoms with Gasteiger partial charge in [0.2, 0.25) is 0 Å². The first-order valence-corrected chi connectivity index (χ1v) is 7.87. The molecule has 130 valence electrons. The molecular weight excluding hydrogens is 316 g/mol. The van der Waals surface area contributed by atoms with E-state index in [9.17, 15) is 4.79 Å². The normalized spacial score (nSPS) is 10.9. The number of carbonyl (C=O) groups is 1. The molecule has 2 rings (SSSR count). The lowest BCUT2D eigenvalue weighted by Crippen LogP contribution is -2.01. The lowest BCUT2D eigenvalue weighted by Gasteiger charge is -2.09. The Hall–Kier alpha value is -3.01. The molecule has 0 unspecified atom stereocenters. The minimum absolute atomic E-state index is 0.0480. The van der Waals surface area contributed by atoms with Crippen LogP contribution in [-0.4, -0.2) is 26.6 Å². The first kappa shape index (κ1) is 18.3. The van der Waals surface area contributed by atoms with Gasteiger partial charge in [0.05, 0.1) is 14.2 Å². The van der Waals surface area contributed by atoms with E-state index in [0.29, 0.717) is 35.0 Å².